The molecule has 1 aromatic carbocycles. The fourth-order valence-electron chi connectivity index (χ4n) is 1.43. The number of carbonyl (C=O) groups excluding carboxylic acids is 1. The minimum Gasteiger partial charge on any atom is -0.320 e. The zero-order valence-electron chi connectivity index (χ0n) is 11.1. The largest absolute Gasteiger partial charge is 0.320 e. The molecule has 20 heavy (non-hydrogen) atoms. The second-order valence-electron chi connectivity index (χ2n) is 4.10. The highest BCUT2D eigenvalue weighted by atomic mass is 35.5. The zero-order chi connectivity index (χ0) is 14.3. The van der Waals surface area contributed by atoms with Crippen LogP contribution in [0.1, 0.15) is 12.0 Å². The van der Waals surface area contributed by atoms with Crippen molar-refractivity contribution in [3.63, 3.8) is 0 Å². The average molecular weight is 339 g/mol. The van der Waals surface area contributed by atoms with Crippen LogP contribution in [0.4, 0.5) is 0 Å². The van der Waals surface area contributed by atoms with Gasteiger partial charge in [-0.3, -0.25) is 9.52 Å². The number of rotatable bonds is 7. The Hall–Kier alpha value is -0.760. The summed E-state index contributed by atoms with van der Waals surface area (Å²) in [6, 6.07) is 7.88. The van der Waals surface area contributed by atoms with Crippen LogP contribution in [-0.2, 0) is 20.6 Å². The molecular weight excluding hydrogens is 320 g/mol. The Labute approximate surface area is 130 Å². The lowest BCUT2D eigenvalue weighted by atomic mass is 10.2. The Balaban J connectivity index is 0.00000361. The third-order valence-corrected chi connectivity index (χ3v) is 4.29. The van der Waals surface area contributed by atoms with Gasteiger partial charge in [0.1, 0.15) is 0 Å². The Morgan fingerprint density at radius 2 is 1.95 bits per heavy atom. The van der Waals surface area contributed by atoms with Crippen LogP contribution in [0.3, 0.4) is 0 Å². The van der Waals surface area contributed by atoms with Gasteiger partial charge in [0.25, 0.3) is 0 Å². The topological polar surface area (TPSA) is 89.3 Å². The van der Waals surface area contributed by atoms with Crippen molar-refractivity contribution in [1.29, 1.82) is 0 Å². The molecule has 1 atom stereocenters. The van der Waals surface area contributed by atoms with Crippen LogP contribution in [-0.4, -0.2) is 32.4 Å². The van der Waals surface area contributed by atoms with E-state index in [2.05, 4.69) is 0 Å². The number of sulfonamides is 1. The van der Waals surface area contributed by atoms with Gasteiger partial charge in [-0.05, 0) is 24.0 Å². The Morgan fingerprint density at radius 1 is 1.35 bits per heavy atom. The van der Waals surface area contributed by atoms with Crippen molar-refractivity contribution in [2.24, 2.45) is 5.73 Å². The van der Waals surface area contributed by atoms with E-state index in [1.807, 2.05) is 11.0 Å². The monoisotopic (exact) mass is 338 g/mol. The standard InChI is InChI=1S/C12H18N2O3S2.ClH/c1-18-8-7-11(13)12(15)14-19(16,17)9-10-5-3-2-4-6-10;/h2-6,11H,7-9,13H2,1H3,(H,14,15);1H/t11-;/m0./s1. The average Bonchev–Trinajstić information content (AvgIpc) is 2.35. The highest BCUT2D eigenvalue weighted by molar-refractivity contribution is 7.98. The van der Waals surface area contributed by atoms with E-state index in [-0.39, 0.29) is 18.2 Å². The highest BCUT2D eigenvalue weighted by Gasteiger charge is 2.20. The van der Waals surface area contributed by atoms with E-state index in [1.165, 1.54) is 0 Å². The third kappa shape index (κ3) is 7.14. The number of hydrogen-bond donors (Lipinski definition) is 2. The molecular formula is C12H19ClN2O3S2. The van der Waals surface area contributed by atoms with Crippen LogP contribution < -0.4 is 10.5 Å². The summed E-state index contributed by atoms with van der Waals surface area (Å²) in [4.78, 5) is 11.6. The van der Waals surface area contributed by atoms with Crippen molar-refractivity contribution in [3.8, 4) is 0 Å². The molecule has 8 heteroatoms. The Morgan fingerprint density at radius 3 is 2.50 bits per heavy atom. The van der Waals surface area contributed by atoms with E-state index >= 15 is 0 Å². The second-order valence-corrected chi connectivity index (χ2v) is 6.81. The Bertz CT molecular complexity index is 509. The Kier molecular flexibility index (Phi) is 8.88. The van der Waals surface area contributed by atoms with Crippen LogP contribution in [0.25, 0.3) is 0 Å². The van der Waals surface area contributed by atoms with E-state index in [9.17, 15) is 13.2 Å². The fourth-order valence-corrected chi connectivity index (χ4v) is 3.09. The molecule has 0 aromatic heterocycles. The van der Waals surface area contributed by atoms with Gasteiger partial charge < -0.3 is 5.73 Å². The second kappa shape index (κ2) is 9.23. The predicted octanol–water partition coefficient (Wildman–Crippen LogP) is 1.13. The van der Waals surface area contributed by atoms with Gasteiger partial charge in [-0.25, -0.2) is 8.42 Å². The van der Waals surface area contributed by atoms with E-state index in [1.54, 1.807) is 42.1 Å². The molecule has 0 aliphatic heterocycles. The maximum Gasteiger partial charge on any atom is 0.250 e. The molecule has 0 aliphatic carbocycles. The molecule has 0 heterocycles. The lowest BCUT2D eigenvalue weighted by Crippen LogP contribution is -2.44. The van der Waals surface area contributed by atoms with Crippen molar-refractivity contribution < 1.29 is 13.2 Å². The minimum absolute atomic E-state index is 0. The van der Waals surface area contributed by atoms with Gasteiger partial charge in [-0.2, -0.15) is 11.8 Å². The summed E-state index contributed by atoms with van der Waals surface area (Å²) < 4.78 is 25.6. The molecule has 0 saturated carbocycles. The van der Waals surface area contributed by atoms with Gasteiger partial charge in [0.15, 0.2) is 0 Å². The predicted molar refractivity (Wildman–Crippen MR) is 85.4 cm³/mol. The van der Waals surface area contributed by atoms with Crippen molar-refractivity contribution in [2.75, 3.05) is 12.0 Å². The molecule has 0 fully saturated rings. The molecule has 1 amide bonds. The lowest BCUT2D eigenvalue weighted by Gasteiger charge is -2.12. The maximum atomic E-state index is 11.8. The summed E-state index contributed by atoms with van der Waals surface area (Å²) in [7, 11) is -3.69. The first-order valence-electron chi connectivity index (χ1n) is 5.77. The summed E-state index contributed by atoms with van der Waals surface area (Å²) in [5.41, 5.74) is 6.24. The fraction of sp³-hybridized carbons (Fsp3) is 0.417. The summed E-state index contributed by atoms with van der Waals surface area (Å²) in [6.07, 6.45) is 2.35. The minimum atomic E-state index is -3.69. The van der Waals surface area contributed by atoms with Gasteiger partial charge >= 0.3 is 0 Å². The van der Waals surface area contributed by atoms with Gasteiger partial charge in [0, 0.05) is 0 Å². The summed E-state index contributed by atoms with van der Waals surface area (Å²) in [6.45, 7) is 0. The molecule has 114 valence electrons. The number of nitrogens with one attached hydrogen (secondary N) is 1. The lowest BCUT2D eigenvalue weighted by molar-refractivity contribution is -0.120. The number of carbonyl (C=O) groups is 1. The van der Waals surface area contributed by atoms with Crippen LogP contribution in [0.2, 0.25) is 0 Å². The van der Waals surface area contributed by atoms with E-state index < -0.39 is 22.0 Å². The molecule has 5 nitrogen and oxygen atoms in total. The van der Waals surface area contributed by atoms with Crippen LogP contribution in [0.15, 0.2) is 30.3 Å². The van der Waals surface area contributed by atoms with E-state index in [0.717, 1.165) is 0 Å². The molecule has 1 aromatic rings. The van der Waals surface area contributed by atoms with E-state index in [0.29, 0.717) is 17.7 Å². The van der Waals surface area contributed by atoms with Crippen molar-refractivity contribution in [3.05, 3.63) is 35.9 Å². The first-order valence-corrected chi connectivity index (χ1v) is 8.82. The molecule has 0 radical (unpaired) electrons. The number of thioether (sulfide) groups is 1. The quantitative estimate of drug-likeness (QED) is 0.778. The molecule has 1 rings (SSSR count). The first kappa shape index (κ1) is 19.2. The first-order chi connectivity index (χ1) is 8.94. The summed E-state index contributed by atoms with van der Waals surface area (Å²) in [5.74, 6) is -0.160. The highest BCUT2D eigenvalue weighted by Crippen LogP contribution is 2.05. The van der Waals surface area contributed by atoms with E-state index in [4.69, 9.17) is 5.73 Å². The van der Waals surface area contributed by atoms with Gasteiger partial charge in [0.2, 0.25) is 15.9 Å². The van der Waals surface area contributed by atoms with Gasteiger partial charge in [-0.1, -0.05) is 30.3 Å². The number of halogens is 1. The molecule has 0 bridgehead atoms. The molecule has 0 aliphatic rings. The van der Waals surface area contributed by atoms with Crippen LogP contribution >= 0.6 is 24.2 Å². The zero-order valence-corrected chi connectivity index (χ0v) is 13.6. The number of benzene rings is 1. The number of nitrogens with two attached hydrogens (primary N) is 1. The molecule has 0 saturated heterocycles. The van der Waals surface area contributed by atoms with Crippen molar-refractivity contribution in [2.45, 2.75) is 18.2 Å². The third-order valence-electron chi connectivity index (χ3n) is 2.43. The smallest absolute Gasteiger partial charge is 0.250 e. The normalized spacial score (nSPS) is 12.3. The van der Waals surface area contributed by atoms with Gasteiger partial charge in [-0.15, -0.1) is 12.4 Å². The summed E-state index contributed by atoms with van der Waals surface area (Å²) >= 11 is 1.56. The SMILES string of the molecule is CSCC[C@H](N)C(=O)NS(=O)(=O)Cc1ccccc1.Cl. The van der Waals surface area contributed by atoms with Crippen molar-refractivity contribution >= 4 is 40.1 Å². The van der Waals surface area contributed by atoms with Crippen LogP contribution in [0.5, 0.6) is 0 Å². The number of amides is 1. The molecule has 0 unspecified atom stereocenters. The summed E-state index contributed by atoms with van der Waals surface area (Å²) in [5, 5.41) is 0. The molecule has 0 spiro atoms. The van der Waals surface area contributed by atoms with Crippen molar-refractivity contribution in [1.82, 2.24) is 4.72 Å². The van der Waals surface area contributed by atoms with Crippen LogP contribution in [0, 0.1) is 0 Å². The molecule has 3 N–H and O–H groups in total. The maximum absolute atomic E-state index is 11.8. The van der Waals surface area contributed by atoms with Gasteiger partial charge in [0.05, 0.1) is 11.8 Å². The number of hydrogen-bond acceptors (Lipinski definition) is 5.